The molecule has 0 aromatic heterocycles. The molecule has 22 heavy (non-hydrogen) atoms. The Balaban J connectivity index is 4.01. The van der Waals surface area contributed by atoms with Gasteiger partial charge in [0.1, 0.15) is 0 Å². The lowest BCUT2D eigenvalue weighted by Crippen LogP contribution is -2.36. The Kier molecular flexibility index (Phi) is 14.1. The van der Waals surface area contributed by atoms with E-state index in [-0.39, 0.29) is 38.1 Å². The van der Waals surface area contributed by atoms with Crippen molar-refractivity contribution in [3.63, 3.8) is 0 Å². The highest BCUT2D eigenvalue weighted by atomic mass is 16.5. The second-order valence-corrected chi connectivity index (χ2v) is 5.43. The molecule has 7 heteroatoms. The molecule has 0 bridgehead atoms. The fourth-order valence-corrected chi connectivity index (χ4v) is 1.64. The summed E-state index contributed by atoms with van der Waals surface area (Å²) in [5, 5.41) is 26.8. The van der Waals surface area contributed by atoms with Crippen molar-refractivity contribution in [3.8, 4) is 0 Å². The van der Waals surface area contributed by atoms with E-state index in [1.54, 1.807) is 0 Å². The topological polar surface area (TPSA) is 91.6 Å². The summed E-state index contributed by atoms with van der Waals surface area (Å²) in [6, 6.07) is 0. The Hall–Kier alpha value is -0.280. The van der Waals surface area contributed by atoms with Gasteiger partial charge in [-0.05, 0) is 20.8 Å². The van der Waals surface area contributed by atoms with E-state index in [9.17, 15) is 0 Å². The molecule has 0 heterocycles. The van der Waals surface area contributed by atoms with Crippen molar-refractivity contribution in [2.24, 2.45) is 0 Å². The maximum absolute atomic E-state index is 8.93. The molecule has 0 fully saturated rings. The maximum atomic E-state index is 8.93. The molecule has 134 valence electrons. The summed E-state index contributed by atoms with van der Waals surface area (Å²) in [4.78, 5) is 2.14. The molecule has 0 aliphatic carbocycles. The molecule has 0 amide bonds. The zero-order valence-corrected chi connectivity index (χ0v) is 14.1. The van der Waals surface area contributed by atoms with Crippen LogP contribution in [0.1, 0.15) is 20.8 Å². The predicted octanol–water partition coefficient (Wildman–Crippen LogP) is -0.519. The smallest absolute Gasteiger partial charge is 0.0778 e. The van der Waals surface area contributed by atoms with Gasteiger partial charge < -0.3 is 29.5 Å². The van der Waals surface area contributed by atoms with E-state index in [4.69, 9.17) is 29.5 Å². The molecule has 0 radical (unpaired) electrons. The van der Waals surface area contributed by atoms with Crippen LogP contribution in [0.4, 0.5) is 0 Å². The highest BCUT2D eigenvalue weighted by Crippen LogP contribution is 1.97. The zero-order chi connectivity index (χ0) is 16.8. The van der Waals surface area contributed by atoms with Crippen LogP contribution in [0.5, 0.6) is 0 Å². The van der Waals surface area contributed by atoms with Crippen molar-refractivity contribution < 1.29 is 29.5 Å². The van der Waals surface area contributed by atoms with E-state index in [0.29, 0.717) is 39.5 Å². The molecule has 0 aliphatic heterocycles. The number of rotatable bonds is 15. The van der Waals surface area contributed by atoms with Crippen LogP contribution in [0, 0.1) is 0 Å². The average molecular weight is 323 g/mol. The first-order chi connectivity index (χ1) is 10.5. The average Bonchev–Trinajstić information content (AvgIpc) is 2.53. The third-order valence-electron chi connectivity index (χ3n) is 3.20. The highest BCUT2D eigenvalue weighted by molar-refractivity contribution is 4.59. The standard InChI is InChI=1S/C15H33NO6/c1-13(10-17)20-7-4-16(5-8-21-14(2)11-18)6-9-22-15(3)12-19/h13-15,17-19H,4-12H2,1-3H3. The normalized spacial score (nSPS) is 16.0. The lowest BCUT2D eigenvalue weighted by atomic mass is 10.4. The van der Waals surface area contributed by atoms with Crippen molar-refractivity contribution in [2.75, 3.05) is 59.3 Å². The van der Waals surface area contributed by atoms with Crippen LogP contribution in [-0.2, 0) is 14.2 Å². The van der Waals surface area contributed by atoms with Gasteiger partial charge in [-0.3, -0.25) is 4.90 Å². The maximum Gasteiger partial charge on any atom is 0.0778 e. The van der Waals surface area contributed by atoms with E-state index in [2.05, 4.69) is 4.90 Å². The first kappa shape index (κ1) is 21.7. The van der Waals surface area contributed by atoms with Crippen LogP contribution in [0.2, 0.25) is 0 Å². The molecule has 0 saturated heterocycles. The van der Waals surface area contributed by atoms with Crippen LogP contribution < -0.4 is 0 Å². The van der Waals surface area contributed by atoms with Gasteiger partial charge in [-0.1, -0.05) is 0 Å². The summed E-state index contributed by atoms with van der Waals surface area (Å²) in [7, 11) is 0. The van der Waals surface area contributed by atoms with Crippen LogP contribution in [-0.4, -0.2) is 97.8 Å². The van der Waals surface area contributed by atoms with E-state index in [1.165, 1.54) is 0 Å². The minimum atomic E-state index is -0.168. The van der Waals surface area contributed by atoms with Crippen molar-refractivity contribution in [1.29, 1.82) is 0 Å². The molecular formula is C15H33NO6. The van der Waals surface area contributed by atoms with Gasteiger partial charge in [-0.25, -0.2) is 0 Å². The number of hydrogen-bond donors (Lipinski definition) is 3. The quantitative estimate of drug-likeness (QED) is 0.373. The van der Waals surface area contributed by atoms with E-state index < -0.39 is 0 Å². The Morgan fingerprint density at radius 2 is 0.909 bits per heavy atom. The Morgan fingerprint density at radius 1 is 0.636 bits per heavy atom. The zero-order valence-electron chi connectivity index (χ0n) is 14.1. The molecule has 3 unspecified atom stereocenters. The summed E-state index contributed by atoms with van der Waals surface area (Å²) in [6.07, 6.45) is -0.505. The third kappa shape index (κ3) is 12.3. The fraction of sp³-hybridized carbons (Fsp3) is 1.00. The second-order valence-electron chi connectivity index (χ2n) is 5.43. The molecule has 0 aromatic carbocycles. The number of hydrogen-bond acceptors (Lipinski definition) is 7. The van der Waals surface area contributed by atoms with Gasteiger partial charge in [0.05, 0.1) is 58.0 Å². The summed E-state index contributed by atoms with van der Waals surface area (Å²) in [6.45, 7) is 9.17. The summed E-state index contributed by atoms with van der Waals surface area (Å²) < 4.78 is 16.4. The molecule has 3 atom stereocenters. The lowest BCUT2D eigenvalue weighted by molar-refractivity contribution is -0.0183. The molecule has 7 nitrogen and oxygen atoms in total. The monoisotopic (exact) mass is 323 g/mol. The van der Waals surface area contributed by atoms with Crippen LogP contribution in [0.25, 0.3) is 0 Å². The lowest BCUT2D eigenvalue weighted by Gasteiger charge is -2.24. The number of ether oxygens (including phenoxy) is 3. The van der Waals surface area contributed by atoms with E-state index in [0.717, 1.165) is 0 Å². The number of nitrogens with zero attached hydrogens (tertiary/aromatic N) is 1. The Morgan fingerprint density at radius 3 is 1.14 bits per heavy atom. The first-order valence-corrected chi connectivity index (χ1v) is 7.93. The number of aliphatic hydroxyl groups is 3. The summed E-state index contributed by atoms with van der Waals surface area (Å²) in [5.74, 6) is 0. The van der Waals surface area contributed by atoms with Crippen molar-refractivity contribution in [1.82, 2.24) is 4.90 Å². The van der Waals surface area contributed by atoms with Crippen LogP contribution >= 0.6 is 0 Å². The largest absolute Gasteiger partial charge is 0.394 e. The minimum Gasteiger partial charge on any atom is -0.394 e. The summed E-state index contributed by atoms with van der Waals surface area (Å²) >= 11 is 0. The fourth-order valence-electron chi connectivity index (χ4n) is 1.64. The SMILES string of the molecule is CC(CO)OCCN(CCOC(C)CO)CCOC(C)CO. The van der Waals surface area contributed by atoms with Gasteiger partial charge in [0.15, 0.2) is 0 Å². The predicted molar refractivity (Wildman–Crippen MR) is 83.9 cm³/mol. The molecule has 0 saturated carbocycles. The van der Waals surface area contributed by atoms with Gasteiger partial charge in [-0.2, -0.15) is 0 Å². The molecule has 0 rings (SSSR count). The number of aliphatic hydroxyl groups excluding tert-OH is 3. The molecule has 0 aliphatic rings. The molecular weight excluding hydrogens is 290 g/mol. The highest BCUT2D eigenvalue weighted by Gasteiger charge is 2.09. The van der Waals surface area contributed by atoms with Gasteiger partial charge in [0, 0.05) is 19.6 Å². The van der Waals surface area contributed by atoms with E-state index >= 15 is 0 Å². The molecule has 0 spiro atoms. The Labute approximate surface area is 133 Å². The minimum absolute atomic E-state index is 0.00819. The van der Waals surface area contributed by atoms with Crippen molar-refractivity contribution in [3.05, 3.63) is 0 Å². The first-order valence-electron chi connectivity index (χ1n) is 7.93. The van der Waals surface area contributed by atoms with Gasteiger partial charge in [0.25, 0.3) is 0 Å². The van der Waals surface area contributed by atoms with Crippen LogP contribution in [0.15, 0.2) is 0 Å². The summed E-state index contributed by atoms with van der Waals surface area (Å²) in [5.41, 5.74) is 0. The Bertz CT molecular complexity index is 206. The third-order valence-corrected chi connectivity index (χ3v) is 3.20. The van der Waals surface area contributed by atoms with Gasteiger partial charge >= 0.3 is 0 Å². The van der Waals surface area contributed by atoms with Gasteiger partial charge in [0.2, 0.25) is 0 Å². The molecule has 0 aromatic rings. The van der Waals surface area contributed by atoms with Gasteiger partial charge in [-0.15, -0.1) is 0 Å². The van der Waals surface area contributed by atoms with E-state index in [1.807, 2.05) is 20.8 Å². The van der Waals surface area contributed by atoms with Crippen molar-refractivity contribution in [2.45, 2.75) is 39.1 Å². The van der Waals surface area contributed by atoms with Crippen molar-refractivity contribution >= 4 is 0 Å². The molecule has 3 N–H and O–H groups in total. The second kappa shape index (κ2) is 14.3. The van der Waals surface area contributed by atoms with Crippen LogP contribution in [0.3, 0.4) is 0 Å².